The maximum atomic E-state index is 9.33. The van der Waals surface area contributed by atoms with Crippen LogP contribution < -0.4 is 0 Å². The normalized spacial score (nSPS) is 38.5. The second kappa shape index (κ2) is 3.09. The Balaban J connectivity index is 2.31. The Labute approximate surface area is 67.2 Å². The third-order valence-electron chi connectivity index (χ3n) is 1.70. The summed E-state index contributed by atoms with van der Waals surface area (Å²) in [5.74, 6) is -0.489. The van der Waals surface area contributed by atoms with Crippen molar-refractivity contribution < 1.29 is 14.9 Å². The summed E-state index contributed by atoms with van der Waals surface area (Å²) in [6.07, 6.45) is 1.58. The summed E-state index contributed by atoms with van der Waals surface area (Å²) >= 11 is 0. The largest absolute Gasteiger partial charge is 0.363 e. The highest BCUT2D eigenvalue weighted by molar-refractivity contribution is 4.72. The van der Waals surface area contributed by atoms with Crippen molar-refractivity contribution in [2.24, 2.45) is 5.92 Å². The number of hydrogen-bond acceptors (Lipinski definition) is 3. The van der Waals surface area contributed by atoms with E-state index in [2.05, 4.69) is 13.8 Å². The lowest BCUT2D eigenvalue weighted by Crippen LogP contribution is -2.22. The molecule has 3 heteroatoms. The molecule has 1 aliphatic rings. The number of aliphatic hydroxyl groups is 1. The molecule has 0 bridgehead atoms. The molecule has 1 fully saturated rings. The highest BCUT2D eigenvalue weighted by atomic mass is 17.2. The van der Waals surface area contributed by atoms with Gasteiger partial charge in [0.1, 0.15) is 0 Å². The molecule has 0 unspecified atom stereocenters. The van der Waals surface area contributed by atoms with Gasteiger partial charge in [0.15, 0.2) is 5.79 Å². The van der Waals surface area contributed by atoms with Gasteiger partial charge >= 0.3 is 0 Å². The molecule has 1 aliphatic heterocycles. The third-order valence-corrected chi connectivity index (χ3v) is 1.70. The van der Waals surface area contributed by atoms with E-state index in [9.17, 15) is 5.11 Å². The van der Waals surface area contributed by atoms with E-state index in [0.717, 1.165) is 6.42 Å². The Morgan fingerprint density at radius 3 is 2.64 bits per heavy atom. The fourth-order valence-electron chi connectivity index (χ4n) is 1.31. The molecular formula is C8H16O3. The summed E-state index contributed by atoms with van der Waals surface area (Å²) in [5, 5.41) is 9.33. The summed E-state index contributed by atoms with van der Waals surface area (Å²) in [5.41, 5.74) is 0. The van der Waals surface area contributed by atoms with Gasteiger partial charge in [0.25, 0.3) is 0 Å². The first-order valence-electron chi connectivity index (χ1n) is 4.06. The number of rotatable bonds is 2. The Hall–Kier alpha value is -0.120. The molecule has 11 heavy (non-hydrogen) atoms. The SMILES string of the molecule is CC(C)C[C@@H]1C[C@](C)(O)OO1. The Kier molecular flexibility index (Phi) is 2.52. The van der Waals surface area contributed by atoms with Crippen LogP contribution in [-0.2, 0) is 9.78 Å². The Morgan fingerprint density at radius 2 is 2.27 bits per heavy atom. The van der Waals surface area contributed by atoms with Gasteiger partial charge in [0, 0.05) is 6.42 Å². The molecule has 0 aromatic carbocycles. The summed E-state index contributed by atoms with van der Waals surface area (Å²) in [6, 6.07) is 0. The highest BCUT2D eigenvalue weighted by Crippen LogP contribution is 2.28. The van der Waals surface area contributed by atoms with Crippen LogP contribution in [0.15, 0.2) is 0 Å². The zero-order valence-corrected chi connectivity index (χ0v) is 7.33. The average Bonchev–Trinajstić information content (AvgIpc) is 2.08. The van der Waals surface area contributed by atoms with E-state index in [-0.39, 0.29) is 6.10 Å². The molecule has 0 aromatic heterocycles. The molecule has 3 nitrogen and oxygen atoms in total. The van der Waals surface area contributed by atoms with Gasteiger partial charge in [0.2, 0.25) is 0 Å². The predicted octanol–water partition coefficient (Wildman–Crippen LogP) is 1.46. The van der Waals surface area contributed by atoms with Crippen molar-refractivity contribution in [1.82, 2.24) is 0 Å². The van der Waals surface area contributed by atoms with Crippen molar-refractivity contribution >= 4 is 0 Å². The van der Waals surface area contributed by atoms with Crippen molar-refractivity contribution in [1.29, 1.82) is 0 Å². The first-order valence-corrected chi connectivity index (χ1v) is 4.06. The van der Waals surface area contributed by atoms with Gasteiger partial charge in [-0.05, 0) is 19.3 Å². The number of hydrogen-bond donors (Lipinski definition) is 1. The van der Waals surface area contributed by atoms with Gasteiger partial charge < -0.3 is 5.11 Å². The van der Waals surface area contributed by atoms with E-state index in [1.807, 2.05) is 0 Å². The van der Waals surface area contributed by atoms with Crippen LogP contribution in [0.4, 0.5) is 0 Å². The van der Waals surface area contributed by atoms with Crippen LogP contribution in [-0.4, -0.2) is 17.0 Å². The minimum absolute atomic E-state index is 0.0602. The minimum Gasteiger partial charge on any atom is -0.363 e. The molecule has 0 aromatic rings. The van der Waals surface area contributed by atoms with Crippen LogP contribution in [0.3, 0.4) is 0 Å². The molecule has 0 saturated carbocycles. The van der Waals surface area contributed by atoms with Crippen molar-refractivity contribution in [2.45, 2.75) is 45.5 Å². The van der Waals surface area contributed by atoms with Crippen molar-refractivity contribution in [2.75, 3.05) is 0 Å². The molecule has 1 saturated heterocycles. The maximum absolute atomic E-state index is 9.33. The van der Waals surface area contributed by atoms with E-state index < -0.39 is 5.79 Å². The monoisotopic (exact) mass is 160 g/mol. The smallest absolute Gasteiger partial charge is 0.198 e. The molecule has 1 N–H and O–H groups in total. The Morgan fingerprint density at radius 1 is 1.64 bits per heavy atom. The van der Waals surface area contributed by atoms with Crippen LogP contribution in [0, 0.1) is 5.92 Å². The van der Waals surface area contributed by atoms with Crippen LogP contribution >= 0.6 is 0 Å². The van der Waals surface area contributed by atoms with Gasteiger partial charge in [-0.25, -0.2) is 9.78 Å². The van der Waals surface area contributed by atoms with Gasteiger partial charge in [0.05, 0.1) is 6.10 Å². The lowest BCUT2D eigenvalue weighted by molar-refractivity contribution is -0.372. The fourth-order valence-corrected chi connectivity index (χ4v) is 1.31. The van der Waals surface area contributed by atoms with Crippen LogP contribution in [0.25, 0.3) is 0 Å². The van der Waals surface area contributed by atoms with Crippen LogP contribution in [0.1, 0.15) is 33.6 Å². The second-order valence-electron chi connectivity index (χ2n) is 3.81. The highest BCUT2D eigenvalue weighted by Gasteiger charge is 2.36. The minimum atomic E-state index is -1.07. The fraction of sp³-hybridized carbons (Fsp3) is 1.00. The zero-order valence-electron chi connectivity index (χ0n) is 7.33. The summed E-state index contributed by atoms with van der Waals surface area (Å²) in [7, 11) is 0. The van der Waals surface area contributed by atoms with Crippen LogP contribution in [0.5, 0.6) is 0 Å². The average molecular weight is 160 g/mol. The van der Waals surface area contributed by atoms with E-state index >= 15 is 0 Å². The van der Waals surface area contributed by atoms with E-state index in [0.29, 0.717) is 12.3 Å². The molecule has 0 aliphatic carbocycles. The third kappa shape index (κ3) is 2.77. The van der Waals surface area contributed by atoms with Crippen molar-refractivity contribution in [3.8, 4) is 0 Å². The first-order chi connectivity index (χ1) is 4.99. The van der Waals surface area contributed by atoms with Gasteiger partial charge in [-0.15, -0.1) is 0 Å². The molecule has 66 valence electrons. The lowest BCUT2D eigenvalue weighted by Gasteiger charge is -2.10. The molecule has 1 rings (SSSR count). The van der Waals surface area contributed by atoms with E-state index in [1.54, 1.807) is 6.92 Å². The molecule has 0 spiro atoms. The van der Waals surface area contributed by atoms with Crippen LogP contribution in [0.2, 0.25) is 0 Å². The molecular weight excluding hydrogens is 144 g/mol. The maximum Gasteiger partial charge on any atom is 0.198 e. The topological polar surface area (TPSA) is 38.7 Å². The lowest BCUT2D eigenvalue weighted by atomic mass is 10.0. The van der Waals surface area contributed by atoms with E-state index in [1.165, 1.54) is 0 Å². The van der Waals surface area contributed by atoms with Crippen molar-refractivity contribution in [3.63, 3.8) is 0 Å². The van der Waals surface area contributed by atoms with Gasteiger partial charge in [-0.2, -0.15) is 0 Å². The van der Waals surface area contributed by atoms with Gasteiger partial charge in [-0.1, -0.05) is 13.8 Å². The summed E-state index contributed by atoms with van der Waals surface area (Å²) < 4.78 is 0. The summed E-state index contributed by atoms with van der Waals surface area (Å²) in [6.45, 7) is 5.86. The molecule has 0 radical (unpaired) electrons. The Bertz CT molecular complexity index is 131. The molecule has 0 amide bonds. The second-order valence-corrected chi connectivity index (χ2v) is 3.81. The zero-order chi connectivity index (χ0) is 8.48. The summed E-state index contributed by atoms with van der Waals surface area (Å²) in [4.78, 5) is 9.64. The molecule has 1 heterocycles. The van der Waals surface area contributed by atoms with Gasteiger partial charge in [-0.3, -0.25) is 0 Å². The van der Waals surface area contributed by atoms with E-state index in [4.69, 9.17) is 9.78 Å². The standard InChI is InChI=1S/C8H16O3/c1-6(2)4-7-5-8(3,9)11-10-7/h6-7,9H,4-5H2,1-3H3/t7-,8-/m1/s1. The predicted molar refractivity (Wildman–Crippen MR) is 40.7 cm³/mol. The quantitative estimate of drug-likeness (QED) is 0.621. The molecule has 2 atom stereocenters. The first kappa shape index (κ1) is 8.97. The van der Waals surface area contributed by atoms with Crippen molar-refractivity contribution in [3.05, 3.63) is 0 Å².